The van der Waals surface area contributed by atoms with Gasteiger partial charge in [0.15, 0.2) is 0 Å². The van der Waals surface area contributed by atoms with E-state index in [1.807, 2.05) is 101 Å². The first-order chi connectivity index (χ1) is 18.0. The van der Waals surface area contributed by atoms with Crippen molar-refractivity contribution in [3.63, 3.8) is 0 Å². The number of rotatable bonds is 11. The van der Waals surface area contributed by atoms with Gasteiger partial charge in [0.1, 0.15) is 17.5 Å². The standard InChI is InChI=1S/C30H40N4O4/c1-8-38-26-15-11-24(12-16-26)28(29(36)31-30(4,5)6)33(20-23-9-13-25(37-7)14-10-23)27(35)17-18-34-22(3)19-21(2)32-34/h9-16,19,28H,8,17-18,20H2,1-7H3,(H,31,36)/t28-/m0/s1. The Hall–Kier alpha value is -3.81. The zero-order chi connectivity index (χ0) is 27.9. The number of carbonyl (C=O) groups is 2. The summed E-state index contributed by atoms with van der Waals surface area (Å²) in [5.74, 6) is 1.06. The molecule has 0 bridgehead atoms. The van der Waals surface area contributed by atoms with Gasteiger partial charge in [-0.15, -0.1) is 0 Å². The van der Waals surface area contributed by atoms with E-state index in [9.17, 15) is 9.59 Å². The van der Waals surface area contributed by atoms with Crippen molar-refractivity contribution >= 4 is 11.8 Å². The molecule has 2 amide bonds. The van der Waals surface area contributed by atoms with Gasteiger partial charge in [0.2, 0.25) is 11.8 Å². The Morgan fingerprint density at radius 1 is 1.03 bits per heavy atom. The number of aromatic nitrogens is 2. The lowest BCUT2D eigenvalue weighted by atomic mass is 10.00. The van der Waals surface area contributed by atoms with Gasteiger partial charge < -0.3 is 19.7 Å². The fraction of sp³-hybridized carbons (Fsp3) is 0.433. The average molecular weight is 521 g/mol. The highest BCUT2D eigenvalue weighted by atomic mass is 16.5. The maximum atomic E-state index is 13.9. The Kier molecular flexibility index (Phi) is 9.55. The van der Waals surface area contributed by atoms with E-state index in [0.29, 0.717) is 24.5 Å². The van der Waals surface area contributed by atoms with Gasteiger partial charge in [-0.25, -0.2) is 0 Å². The van der Waals surface area contributed by atoms with E-state index in [0.717, 1.165) is 22.7 Å². The van der Waals surface area contributed by atoms with Crippen molar-refractivity contribution in [2.75, 3.05) is 13.7 Å². The Morgan fingerprint density at radius 3 is 2.18 bits per heavy atom. The second-order valence-corrected chi connectivity index (χ2v) is 10.4. The molecule has 1 aromatic heterocycles. The first kappa shape index (κ1) is 28.8. The number of hydrogen-bond donors (Lipinski definition) is 1. The predicted molar refractivity (Wildman–Crippen MR) is 148 cm³/mol. The van der Waals surface area contributed by atoms with Crippen LogP contribution < -0.4 is 14.8 Å². The Balaban J connectivity index is 2.00. The Bertz CT molecular complexity index is 1210. The van der Waals surface area contributed by atoms with Crippen molar-refractivity contribution in [3.05, 3.63) is 77.1 Å². The molecule has 3 rings (SSSR count). The second kappa shape index (κ2) is 12.6. The molecule has 3 aromatic rings. The van der Waals surface area contributed by atoms with Crippen LogP contribution in [0.3, 0.4) is 0 Å². The Morgan fingerprint density at radius 2 is 1.66 bits per heavy atom. The van der Waals surface area contributed by atoms with E-state index in [1.165, 1.54) is 0 Å². The first-order valence-corrected chi connectivity index (χ1v) is 13.0. The van der Waals surface area contributed by atoms with Gasteiger partial charge in [-0.05, 0) is 83.0 Å². The summed E-state index contributed by atoms with van der Waals surface area (Å²) in [4.78, 5) is 29.3. The molecule has 0 aliphatic rings. The van der Waals surface area contributed by atoms with Crippen LogP contribution in [0.4, 0.5) is 0 Å². The normalized spacial score (nSPS) is 12.1. The summed E-state index contributed by atoms with van der Waals surface area (Å²) in [6, 6.07) is 16.1. The molecule has 1 heterocycles. The highest BCUT2D eigenvalue weighted by Gasteiger charge is 2.33. The monoisotopic (exact) mass is 520 g/mol. The van der Waals surface area contributed by atoms with E-state index in [2.05, 4.69) is 10.4 Å². The number of nitrogens with one attached hydrogen (secondary N) is 1. The number of aryl methyl sites for hydroxylation is 3. The number of amides is 2. The molecular weight excluding hydrogens is 480 g/mol. The van der Waals surface area contributed by atoms with E-state index in [-0.39, 0.29) is 24.8 Å². The van der Waals surface area contributed by atoms with Crippen molar-refractivity contribution in [2.45, 2.75) is 72.6 Å². The molecule has 0 aliphatic heterocycles. The van der Waals surface area contributed by atoms with Gasteiger partial charge in [-0.1, -0.05) is 24.3 Å². The molecule has 0 saturated heterocycles. The molecule has 38 heavy (non-hydrogen) atoms. The molecule has 204 valence electrons. The summed E-state index contributed by atoms with van der Waals surface area (Å²) in [6.07, 6.45) is 0.203. The van der Waals surface area contributed by atoms with Crippen LogP contribution in [0.1, 0.15) is 62.7 Å². The summed E-state index contributed by atoms with van der Waals surface area (Å²) < 4.78 is 12.7. The molecule has 0 unspecified atom stereocenters. The van der Waals surface area contributed by atoms with Gasteiger partial charge in [-0.2, -0.15) is 5.10 Å². The van der Waals surface area contributed by atoms with Crippen LogP contribution in [-0.4, -0.2) is 45.8 Å². The number of carbonyl (C=O) groups excluding carboxylic acids is 2. The minimum atomic E-state index is -0.833. The zero-order valence-corrected chi connectivity index (χ0v) is 23.6. The molecule has 1 atom stereocenters. The summed E-state index contributed by atoms with van der Waals surface area (Å²) in [6.45, 7) is 12.8. The molecule has 8 heteroatoms. The number of hydrogen-bond acceptors (Lipinski definition) is 5. The minimum Gasteiger partial charge on any atom is -0.497 e. The number of nitrogens with zero attached hydrogens (tertiary/aromatic N) is 3. The van der Waals surface area contributed by atoms with E-state index in [4.69, 9.17) is 9.47 Å². The predicted octanol–water partition coefficient (Wildman–Crippen LogP) is 4.98. The van der Waals surface area contributed by atoms with Crippen LogP contribution in [0.25, 0.3) is 0 Å². The van der Waals surface area contributed by atoms with Gasteiger partial charge in [0.05, 0.1) is 19.4 Å². The Labute approximate surface area is 225 Å². The van der Waals surface area contributed by atoms with Crippen molar-refractivity contribution < 1.29 is 19.1 Å². The number of benzene rings is 2. The topological polar surface area (TPSA) is 85.7 Å². The molecule has 0 radical (unpaired) electrons. The van der Waals surface area contributed by atoms with Crippen LogP contribution in [0.2, 0.25) is 0 Å². The van der Waals surface area contributed by atoms with Crippen LogP contribution in [0.5, 0.6) is 11.5 Å². The minimum absolute atomic E-state index is 0.142. The first-order valence-electron chi connectivity index (χ1n) is 13.0. The van der Waals surface area contributed by atoms with Crippen LogP contribution >= 0.6 is 0 Å². The SMILES string of the molecule is CCOc1ccc([C@@H](C(=O)NC(C)(C)C)N(Cc2ccc(OC)cc2)C(=O)CCn2nc(C)cc2C)cc1. The van der Waals surface area contributed by atoms with Crippen molar-refractivity contribution in [3.8, 4) is 11.5 Å². The lowest BCUT2D eigenvalue weighted by molar-refractivity contribution is -0.142. The van der Waals surface area contributed by atoms with E-state index < -0.39 is 11.6 Å². The second-order valence-electron chi connectivity index (χ2n) is 10.4. The van der Waals surface area contributed by atoms with Crippen molar-refractivity contribution in [1.29, 1.82) is 0 Å². The molecule has 2 aromatic carbocycles. The summed E-state index contributed by atoms with van der Waals surface area (Å²) in [7, 11) is 1.61. The summed E-state index contributed by atoms with van der Waals surface area (Å²) in [5.41, 5.74) is 3.03. The maximum absolute atomic E-state index is 13.9. The fourth-order valence-electron chi connectivity index (χ4n) is 4.32. The molecule has 0 spiro atoms. The van der Waals surface area contributed by atoms with Gasteiger partial charge >= 0.3 is 0 Å². The fourth-order valence-corrected chi connectivity index (χ4v) is 4.32. The summed E-state index contributed by atoms with van der Waals surface area (Å²) >= 11 is 0. The van der Waals surface area contributed by atoms with Gasteiger partial charge in [-0.3, -0.25) is 14.3 Å². The third-order valence-electron chi connectivity index (χ3n) is 6.04. The molecule has 8 nitrogen and oxygen atoms in total. The van der Waals surface area contributed by atoms with Gasteiger partial charge in [0, 0.05) is 30.7 Å². The molecule has 1 N–H and O–H groups in total. The number of ether oxygens (including phenoxy) is 2. The van der Waals surface area contributed by atoms with Gasteiger partial charge in [0.25, 0.3) is 0 Å². The number of methoxy groups -OCH3 is 1. The van der Waals surface area contributed by atoms with Crippen LogP contribution in [-0.2, 0) is 22.7 Å². The third-order valence-corrected chi connectivity index (χ3v) is 6.04. The molecular formula is C30H40N4O4. The molecule has 0 aliphatic carbocycles. The zero-order valence-electron chi connectivity index (χ0n) is 23.6. The highest BCUT2D eigenvalue weighted by Crippen LogP contribution is 2.28. The maximum Gasteiger partial charge on any atom is 0.247 e. The van der Waals surface area contributed by atoms with Crippen LogP contribution in [0.15, 0.2) is 54.6 Å². The van der Waals surface area contributed by atoms with E-state index in [1.54, 1.807) is 12.0 Å². The third kappa shape index (κ3) is 7.84. The highest BCUT2D eigenvalue weighted by molar-refractivity contribution is 5.89. The average Bonchev–Trinajstić information content (AvgIpc) is 3.19. The molecule has 0 saturated carbocycles. The largest absolute Gasteiger partial charge is 0.497 e. The smallest absolute Gasteiger partial charge is 0.247 e. The lowest BCUT2D eigenvalue weighted by Gasteiger charge is -2.34. The van der Waals surface area contributed by atoms with Crippen molar-refractivity contribution in [1.82, 2.24) is 20.0 Å². The van der Waals surface area contributed by atoms with Crippen molar-refractivity contribution in [2.24, 2.45) is 0 Å². The quantitative estimate of drug-likeness (QED) is 0.385. The molecule has 0 fully saturated rings. The van der Waals surface area contributed by atoms with E-state index >= 15 is 0 Å². The summed E-state index contributed by atoms with van der Waals surface area (Å²) in [5, 5.41) is 7.58. The lowest BCUT2D eigenvalue weighted by Crippen LogP contribution is -2.49. The van der Waals surface area contributed by atoms with Crippen LogP contribution in [0, 0.1) is 13.8 Å².